The second kappa shape index (κ2) is 8.86. The van der Waals surface area contributed by atoms with E-state index in [0.29, 0.717) is 36.0 Å². The Morgan fingerprint density at radius 2 is 2.03 bits per heavy atom. The molecule has 0 saturated heterocycles. The second-order valence-electron chi connectivity index (χ2n) is 7.18. The van der Waals surface area contributed by atoms with Crippen LogP contribution >= 0.6 is 0 Å². The van der Waals surface area contributed by atoms with Gasteiger partial charge in [-0.05, 0) is 49.9 Å². The number of aromatic nitrogens is 4. The number of aliphatic imine (C=N–C) groups is 1. The highest BCUT2D eigenvalue weighted by atomic mass is 16.5. The minimum absolute atomic E-state index is 0.492. The van der Waals surface area contributed by atoms with Gasteiger partial charge in [0.15, 0.2) is 5.82 Å². The number of aryl methyl sites for hydroxylation is 1. The number of ether oxygens (including phenoxy) is 2. The number of nitrogens with two attached hydrogens (primary N) is 1. The molecule has 0 unspecified atom stereocenters. The first kappa shape index (κ1) is 19.8. The van der Waals surface area contributed by atoms with Gasteiger partial charge < -0.3 is 15.2 Å². The van der Waals surface area contributed by atoms with Crippen LogP contribution in [0.4, 0.5) is 5.82 Å². The first-order chi connectivity index (χ1) is 14.7. The highest BCUT2D eigenvalue weighted by Crippen LogP contribution is 2.49. The van der Waals surface area contributed by atoms with Crippen molar-refractivity contribution >= 4 is 12.2 Å². The fourth-order valence-corrected chi connectivity index (χ4v) is 3.42. The molecule has 0 aliphatic heterocycles. The van der Waals surface area contributed by atoms with Crippen molar-refractivity contribution in [2.24, 2.45) is 16.6 Å². The van der Waals surface area contributed by atoms with Gasteiger partial charge in [0, 0.05) is 29.6 Å². The smallest absolute Gasteiger partial charge is 0.224 e. The first-order valence-electron chi connectivity index (χ1n) is 9.85. The quantitative estimate of drug-likeness (QED) is 0.452. The minimum Gasteiger partial charge on any atom is -0.495 e. The van der Waals surface area contributed by atoms with E-state index in [1.165, 1.54) is 6.34 Å². The van der Waals surface area contributed by atoms with Crippen molar-refractivity contribution in [3.63, 3.8) is 0 Å². The third-order valence-corrected chi connectivity index (χ3v) is 5.16. The predicted molar refractivity (Wildman–Crippen MR) is 114 cm³/mol. The van der Waals surface area contributed by atoms with Crippen molar-refractivity contribution < 1.29 is 9.47 Å². The molecule has 2 atom stereocenters. The molecule has 0 aromatic carbocycles. The summed E-state index contributed by atoms with van der Waals surface area (Å²) in [5.41, 5.74) is 8.10. The maximum Gasteiger partial charge on any atom is 0.224 e. The molecule has 8 heteroatoms. The van der Waals surface area contributed by atoms with E-state index < -0.39 is 0 Å². The van der Waals surface area contributed by atoms with Crippen LogP contribution in [0, 0.1) is 12.8 Å². The van der Waals surface area contributed by atoms with Crippen molar-refractivity contribution in [2.75, 3.05) is 13.7 Å². The number of hydrogen-bond donors (Lipinski definition) is 1. The highest BCUT2D eigenvalue weighted by Gasteiger charge is 2.39. The van der Waals surface area contributed by atoms with Crippen LogP contribution < -0.4 is 15.2 Å². The van der Waals surface area contributed by atoms with Crippen molar-refractivity contribution in [2.45, 2.75) is 25.7 Å². The van der Waals surface area contributed by atoms with Crippen LogP contribution in [0.2, 0.25) is 0 Å². The van der Waals surface area contributed by atoms with E-state index in [-0.39, 0.29) is 0 Å². The third kappa shape index (κ3) is 4.53. The molecular formula is C22H24N6O2. The summed E-state index contributed by atoms with van der Waals surface area (Å²) in [7, 11) is 1.65. The molecular weight excluding hydrogens is 380 g/mol. The maximum atomic E-state index is 6.05. The Morgan fingerprint density at radius 3 is 2.73 bits per heavy atom. The normalized spacial score (nSPS) is 17.8. The zero-order valence-electron chi connectivity index (χ0n) is 17.0. The summed E-state index contributed by atoms with van der Waals surface area (Å²) in [5.74, 6) is 3.63. The SMILES string of the molecule is COc1ccc([C@H]2C[C@@H]2CCOc2nc(C)ncc2-c2ccc(N=CN)nc2)nc1. The number of pyridine rings is 2. The summed E-state index contributed by atoms with van der Waals surface area (Å²) in [6.07, 6.45) is 8.55. The summed E-state index contributed by atoms with van der Waals surface area (Å²) < 4.78 is 11.2. The van der Waals surface area contributed by atoms with Crippen molar-refractivity contribution in [3.8, 4) is 22.8 Å². The van der Waals surface area contributed by atoms with E-state index in [1.54, 1.807) is 31.8 Å². The second-order valence-corrected chi connectivity index (χ2v) is 7.18. The molecule has 3 aromatic heterocycles. The van der Waals surface area contributed by atoms with Gasteiger partial charge in [0.25, 0.3) is 0 Å². The Labute approximate surface area is 175 Å². The van der Waals surface area contributed by atoms with Gasteiger partial charge in [0.1, 0.15) is 11.6 Å². The van der Waals surface area contributed by atoms with Crippen LogP contribution in [0.1, 0.15) is 30.3 Å². The van der Waals surface area contributed by atoms with Crippen LogP contribution in [0.25, 0.3) is 11.1 Å². The molecule has 1 saturated carbocycles. The Kier molecular flexibility index (Phi) is 5.83. The van der Waals surface area contributed by atoms with Gasteiger partial charge in [-0.25, -0.2) is 15.0 Å². The lowest BCUT2D eigenvalue weighted by molar-refractivity contribution is 0.290. The van der Waals surface area contributed by atoms with Crippen LogP contribution in [-0.4, -0.2) is 40.0 Å². The molecule has 154 valence electrons. The lowest BCUT2D eigenvalue weighted by atomic mass is 10.1. The van der Waals surface area contributed by atoms with E-state index in [2.05, 4.69) is 24.9 Å². The summed E-state index contributed by atoms with van der Waals surface area (Å²) in [5, 5.41) is 0. The van der Waals surface area contributed by atoms with E-state index in [4.69, 9.17) is 15.2 Å². The monoisotopic (exact) mass is 404 g/mol. The summed E-state index contributed by atoms with van der Waals surface area (Å²) in [6.45, 7) is 2.43. The van der Waals surface area contributed by atoms with E-state index in [9.17, 15) is 0 Å². The largest absolute Gasteiger partial charge is 0.495 e. The summed E-state index contributed by atoms with van der Waals surface area (Å²) in [4.78, 5) is 21.5. The van der Waals surface area contributed by atoms with Gasteiger partial charge in [0.05, 0.1) is 31.8 Å². The lowest BCUT2D eigenvalue weighted by Crippen LogP contribution is -2.04. The van der Waals surface area contributed by atoms with Gasteiger partial charge in [-0.15, -0.1) is 0 Å². The van der Waals surface area contributed by atoms with Gasteiger partial charge >= 0.3 is 0 Å². The van der Waals surface area contributed by atoms with Gasteiger partial charge in [0.2, 0.25) is 5.88 Å². The average Bonchev–Trinajstić information content (AvgIpc) is 3.54. The minimum atomic E-state index is 0.492. The fourth-order valence-electron chi connectivity index (χ4n) is 3.42. The number of rotatable bonds is 8. The molecule has 3 heterocycles. The maximum absolute atomic E-state index is 6.05. The van der Waals surface area contributed by atoms with Gasteiger partial charge in [-0.3, -0.25) is 4.98 Å². The summed E-state index contributed by atoms with van der Waals surface area (Å²) >= 11 is 0. The molecule has 0 bridgehead atoms. The molecule has 0 spiro atoms. The first-order valence-corrected chi connectivity index (χ1v) is 9.85. The average molecular weight is 404 g/mol. The molecule has 3 aromatic rings. The predicted octanol–water partition coefficient (Wildman–Crippen LogP) is 3.44. The topological polar surface area (TPSA) is 108 Å². The van der Waals surface area contributed by atoms with Crippen LogP contribution in [0.3, 0.4) is 0 Å². The van der Waals surface area contributed by atoms with Crippen LogP contribution in [-0.2, 0) is 0 Å². The molecule has 1 aliphatic carbocycles. The standard InChI is InChI=1S/C22H24N6O2/c1-14-24-12-19(16-3-6-21(26-10-16)27-13-23)22(28-14)30-8-7-15-9-18(15)20-5-4-17(29-2)11-25-20/h3-6,10-13,15,18H,7-9H2,1-2H3,(H2,23,26,27)/t15-,18-/m0/s1. The Balaban J connectivity index is 1.38. The summed E-state index contributed by atoms with van der Waals surface area (Å²) in [6, 6.07) is 7.70. The molecule has 0 radical (unpaired) electrons. The number of methoxy groups -OCH3 is 1. The van der Waals surface area contributed by atoms with Crippen LogP contribution in [0.15, 0.2) is 47.8 Å². The molecule has 1 aliphatic rings. The zero-order chi connectivity index (χ0) is 20.9. The number of nitrogens with zero attached hydrogens (tertiary/aromatic N) is 5. The Bertz CT molecular complexity index is 1020. The molecule has 8 nitrogen and oxygen atoms in total. The Hall–Kier alpha value is -3.55. The number of hydrogen-bond acceptors (Lipinski definition) is 7. The molecule has 2 N–H and O–H groups in total. The van der Waals surface area contributed by atoms with E-state index >= 15 is 0 Å². The van der Waals surface area contributed by atoms with Crippen molar-refractivity contribution in [1.29, 1.82) is 0 Å². The zero-order valence-corrected chi connectivity index (χ0v) is 17.0. The lowest BCUT2D eigenvalue weighted by Gasteiger charge is -2.11. The van der Waals surface area contributed by atoms with E-state index in [1.807, 2.05) is 25.1 Å². The molecule has 1 fully saturated rings. The van der Waals surface area contributed by atoms with Gasteiger partial charge in [-0.2, -0.15) is 4.98 Å². The van der Waals surface area contributed by atoms with Gasteiger partial charge in [-0.1, -0.05) is 0 Å². The third-order valence-electron chi connectivity index (χ3n) is 5.16. The van der Waals surface area contributed by atoms with Crippen LogP contribution in [0.5, 0.6) is 11.6 Å². The highest BCUT2D eigenvalue weighted by molar-refractivity contribution is 5.68. The van der Waals surface area contributed by atoms with Crippen molar-refractivity contribution in [1.82, 2.24) is 19.9 Å². The van der Waals surface area contributed by atoms with E-state index in [0.717, 1.165) is 35.4 Å². The molecule has 30 heavy (non-hydrogen) atoms. The Morgan fingerprint density at radius 1 is 1.13 bits per heavy atom. The molecule has 4 rings (SSSR count). The van der Waals surface area contributed by atoms with Crippen molar-refractivity contribution in [3.05, 3.63) is 54.4 Å². The molecule has 0 amide bonds. The fraction of sp³-hybridized carbons (Fsp3) is 0.318.